The molecule has 0 fully saturated rings. The molecule has 1 aliphatic rings. The molecule has 0 atom stereocenters. The van der Waals surface area contributed by atoms with Crippen molar-refractivity contribution < 1.29 is 14.3 Å². The van der Waals surface area contributed by atoms with E-state index in [1.165, 1.54) is 6.20 Å². The molecule has 5 nitrogen and oxygen atoms in total. The Balaban J connectivity index is 1.80. The maximum absolute atomic E-state index is 12.0. The summed E-state index contributed by atoms with van der Waals surface area (Å²) in [6, 6.07) is 10.7. The van der Waals surface area contributed by atoms with Crippen molar-refractivity contribution in [2.24, 2.45) is 4.99 Å². The van der Waals surface area contributed by atoms with Gasteiger partial charge in [-0.25, -0.2) is 9.79 Å². The van der Waals surface area contributed by atoms with Gasteiger partial charge in [0.2, 0.25) is 5.90 Å². The van der Waals surface area contributed by atoms with Gasteiger partial charge >= 0.3 is 5.97 Å². The quantitative estimate of drug-likeness (QED) is 0.611. The predicted molar refractivity (Wildman–Crippen MR) is 92.1 cm³/mol. The van der Waals surface area contributed by atoms with E-state index in [1.54, 1.807) is 18.2 Å². The number of hydrogen-bond donors (Lipinski definition) is 0. The summed E-state index contributed by atoms with van der Waals surface area (Å²) in [6.45, 7) is 2.72. The first-order chi connectivity index (χ1) is 11.7. The summed E-state index contributed by atoms with van der Waals surface area (Å²) in [5.74, 6) is 0.426. The first kappa shape index (κ1) is 16.2. The second kappa shape index (κ2) is 7.27. The van der Waals surface area contributed by atoms with Gasteiger partial charge in [-0.15, -0.1) is 0 Å². The number of pyridine rings is 1. The molecule has 122 valence electrons. The van der Waals surface area contributed by atoms with Crippen LogP contribution in [0.15, 0.2) is 53.3 Å². The lowest BCUT2D eigenvalue weighted by Crippen LogP contribution is -2.06. The average Bonchev–Trinajstić information content (AvgIpc) is 2.95. The fourth-order valence-electron chi connectivity index (χ4n) is 2.08. The van der Waals surface area contributed by atoms with Gasteiger partial charge in [-0.3, -0.25) is 4.98 Å². The number of halogens is 1. The van der Waals surface area contributed by atoms with Crippen LogP contribution in [0.4, 0.5) is 0 Å². The molecule has 1 aromatic heterocycles. The van der Waals surface area contributed by atoms with Crippen LogP contribution in [-0.4, -0.2) is 23.5 Å². The number of ether oxygens (including phenoxy) is 2. The summed E-state index contributed by atoms with van der Waals surface area (Å²) >= 11 is 5.91. The molecule has 1 aliphatic heterocycles. The summed E-state index contributed by atoms with van der Waals surface area (Å²) in [7, 11) is 0. The van der Waals surface area contributed by atoms with Gasteiger partial charge in [-0.05, 0) is 42.3 Å². The van der Waals surface area contributed by atoms with E-state index in [-0.39, 0.29) is 11.6 Å². The molecular weight excluding hydrogens is 328 g/mol. The van der Waals surface area contributed by atoms with Crippen LogP contribution in [0.25, 0.3) is 6.08 Å². The molecule has 2 heterocycles. The van der Waals surface area contributed by atoms with Crippen molar-refractivity contribution in [3.8, 4) is 5.75 Å². The highest BCUT2D eigenvalue weighted by atomic mass is 35.5. The lowest BCUT2D eigenvalue weighted by Gasteiger charge is -2.04. The molecule has 0 bridgehead atoms. The third-order valence-electron chi connectivity index (χ3n) is 3.22. The Bertz CT molecular complexity index is 813. The fraction of sp³-hybridized carbons (Fsp3) is 0.167. The average molecular weight is 343 g/mol. The van der Waals surface area contributed by atoms with Crippen molar-refractivity contribution in [1.82, 2.24) is 4.98 Å². The second-order valence-electron chi connectivity index (χ2n) is 5.11. The van der Waals surface area contributed by atoms with Crippen LogP contribution in [-0.2, 0) is 9.53 Å². The Labute approximate surface area is 144 Å². The van der Waals surface area contributed by atoms with Gasteiger partial charge in [0.15, 0.2) is 5.70 Å². The third-order valence-corrected chi connectivity index (χ3v) is 3.45. The van der Waals surface area contributed by atoms with Crippen molar-refractivity contribution in [1.29, 1.82) is 0 Å². The summed E-state index contributed by atoms with van der Waals surface area (Å²) < 4.78 is 10.7. The first-order valence-corrected chi connectivity index (χ1v) is 7.91. The number of benzene rings is 1. The van der Waals surface area contributed by atoms with E-state index < -0.39 is 5.97 Å². The number of nitrogens with zero attached hydrogens (tertiary/aromatic N) is 2. The molecule has 1 aromatic carbocycles. The number of rotatable bonds is 5. The molecule has 6 heteroatoms. The van der Waals surface area contributed by atoms with Crippen molar-refractivity contribution in [3.05, 3.63) is 64.6 Å². The summed E-state index contributed by atoms with van der Waals surface area (Å²) in [4.78, 5) is 20.3. The standard InChI is InChI=1S/C18H15ClN2O3/c1-2-9-23-14-5-3-12(4-6-14)10-16-18(22)24-17(21-16)15-11-13(19)7-8-20-15/h3-8,10-11H,2,9H2,1H3/b16-10-. The first-order valence-electron chi connectivity index (χ1n) is 7.53. The molecule has 2 aromatic rings. The molecule has 0 aliphatic carbocycles. The smallest absolute Gasteiger partial charge is 0.363 e. The van der Waals surface area contributed by atoms with Crippen molar-refractivity contribution in [2.45, 2.75) is 13.3 Å². The van der Waals surface area contributed by atoms with Crippen molar-refractivity contribution in [3.63, 3.8) is 0 Å². The second-order valence-corrected chi connectivity index (χ2v) is 5.55. The fourth-order valence-corrected chi connectivity index (χ4v) is 2.24. The van der Waals surface area contributed by atoms with E-state index in [0.29, 0.717) is 17.3 Å². The Morgan fingerprint density at radius 3 is 2.75 bits per heavy atom. The molecule has 0 N–H and O–H groups in total. The van der Waals surface area contributed by atoms with E-state index in [4.69, 9.17) is 21.1 Å². The Kier molecular flexibility index (Phi) is 4.91. The minimum absolute atomic E-state index is 0.150. The summed E-state index contributed by atoms with van der Waals surface area (Å²) in [5, 5.41) is 0.499. The maximum Gasteiger partial charge on any atom is 0.363 e. The van der Waals surface area contributed by atoms with Gasteiger partial charge in [-0.2, -0.15) is 0 Å². The molecule has 0 saturated heterocycles. The maximum atomic E-state index is 12.0. The predicted octanol–water partition coefficient (Wildman–Crippen LogP) is 3.87. The van der Waals surface area contributed by atoms with Gasteiger partial charge in [0.25, 0.3) is 0 Å². The van der Waals surface area contributed by atoms with E-state index in [2.05, 4.69) is 16.9 Å². The topological polar surface area (TPSA) is 60.8 Å². The van der Waals surface area contributed by atoms with Crippen LogP contribution < -0.4 is 4.74 Å². The SMILES string of the molecule is CCCOc1ccc(/C=C2\N=C(c3cc(Cl)ccn3)OC2=O)cc1. The number of aliphatic imine (C=N–C) groups is 1. The summed E-state index contributed by atoms with van der Waals surface area (Å²) in [5.41, 5.74) is 1.46. The minimum Gasteiger partial charge on any atom is -0.494 e. The molecule has 0 amide bonds. The van der Waals surface area contributed by atoms with Gasteiger partial charge in [0, 0.05) is 11.2 Å². The molecule has 24 heavy (non-hydrogen) atoms. The highest BCUT2D eigenvalue weighted by Crippen LogP contribution is 2.21. The van der Waals surface area contributed by atoms with Crippen LogP contribution in [0.3, 0.4) is 0 Å². The molecule has 0 saturated carbocycles. The van der Waals surface area contributed by atoms with E-state index in [1.807, 2.05) is 24.3 Å². The Morgan fingerprint density at radius 1 is 1.25 bits per heavy atom. The molecule has 0 radical (unpaired) electrons. The van der Waals surface area contributed by atoms with Crippen LogP contribution in [0, 0.1) is 0 Å². The molecular formula is C18H15ClN2O3. The highest BCUT2D eigenvalue weighted by molar-refractivity contribution is 6.31. The number of carbonyl (C=O) groups excluding carboxylic acids is 1. The number of carbonyl (C=O) groups is 1. The Morgan fingerprint density at radius 2 is 2.04 bits per heavy atom. The molecule has 0 spiro atoms. The van der Waals surface area contributed by atoms with Gasteiger partial charge in [0.05, 0.1) is 6.61 Å². The van der Waals surface area contributed by atoms with E-state index >= 15 is 0 Å². The van der Waals surface area contributed by atoms with E-state index in [9.17, 15) is 4.79 Å². The van der Waals surface area contributed by atoms with Gasteiger partial charge in [0.1, 0.15) is 11.4 Å². The number of hydrogen-bond acceptors (Lipinski definition) is 5. The third kappa shape index (κ3) is 3.81. The largest absolute Gasteiger partial charge is 0.494 e. The van der Waals surface area contributed by atoms with Crippen LogP contribution >= 0.6 is 11.6 Å². The van der Waals surface area contributed by atoms with Crippen molar-refractivity contribution in [2.75, 3.05) is 6.61 Å². The van der Waals surface area contributed by atoms with Crippen molar-refractivity contribution >= 4 is 29.5 Å². The highest BCUT2D eigenvalue weighted by Gasteiger charge is 2.25. The lowest BCUT2D eigenvalue weighted by molar-refractivity contribution is -0.129. The zero-order chi connectivity index (χ0) is 16.9. The zero-order valence-electron chi connectivity index (χ0n) is 13.0. The van der Waals surface area contributed by atoms with Crippen LogP contribution in [0.1, 0.15) is 24.6 Å². The minimum atomic E-state index is -0.516. The molecule has 3 rings (SSSR count). The monoisotopic (exact) mass is 342 g/mol. The van der Waals surface area contributed by atoms with E-state index in [0.717, 1.165) is 17.7 Å². The normalized spacial score (nSPS) is 15.3. The lowest BCUT2D eigenvalue weighted by atomic mass is 10.2. The van der Waals surface area contributed by atoms with Crippen LogP contribution in [0.2, 0.25) is 5.02 Å². The number of esters is 1. The zero-order valence-corrected chi connectivity index (χ0v) is 13.8. The number of aromatic nitrogens is 1. The number of cyclic esters (lactones) is 1. The van der Waals surface area contributed by atoms with Gasteiger partial charge < -0.3 is 9.47 Å². The van der Waals surface area contributed by atoms with Gasteiger partial charge in [-0.1, -0.05) is 30.7 Å². The summed E-state index contributed by atoms with van der Waals surface area (Å²) in [6.07, 6.45) is 4.14. The molecule has 0 unspecified atom stereocenters. The van der Waals surface area contributed by atoms with Crippen LogP contribution in [0.5, 0.6) is 5.75 Å². The Hall–Kier alpha value is -2.66.